The van der Waals surface area contributed by atoms with Crippen LogP contribution in [0.25, 0.3) is 0 Å². The highest BCUT2D eigenvalue weighted by molar-refractivity contribution is 6.30. The number of piperazine rings is 1. The van der Waals surface area contributed by atoms with Gasteiger partial charge in [0.1, 0.15) is 5.69 Å². The second-order valence-electron chi connectivity index (χ2n) is 5.57. The molecule has 1 aromatic heterocycles. The van der Waals surface area contributed by atoms with Gasteiger partial charge in [-0.3, -0.25) is 14.4 Å². The van der Waals surface area contributed by atoms with E-state index in [4.69, 9.17) is 11.6 Å². The predicted octanol–water partition coefficient (Wildman–Crippen LogP) is 2.03. The normalized spacial score (nSPS) is 16.0. The highest BCUT2D eigenvalue weighted by atomic mass is 35.5. The Morgan fingerprint density at radius 2 is 1.82 bits per heavy atom. The van der Waals surface area contributed by atoms with Crippen LogP contribution in [0.1, 0.15) is 16.1 Å². The van der Waals surface area contributed by atoms with Crippen LogP contribution in [-0.2, 0) is 13.6 Å². The van der Waals surface area contributed by atoms with Crippen molar-refractivity contribution in [1.29, 1.82) is 0 Å². The molecule has 0 N–H and O–H groups in total. The third-order valence-corrected chi connectivity index (χ3v) is 4.16. The van der Waals surface area contributed by atoms with Crippen molar-refractivity contribution in [1.82, 2.24) is 19.6 Å². The Morgan fingerprint density at radius 3 is 2.41 bits per heavy atom. The van der Waals surface area contributed by atoms with Crippen LogP contribution in [0, 0.1) is 0 Å². The maximum absolute atomic E-state index is 12.3. The molecule has 22 heavy (non-hydrogen) atoms. The standard InChI is InChI=1S/C16H19ClN4O/c1-19-7-6-15(18-19)16(22)21-10-8-20(9-11-21)12-13-2-4-14(17)5-3-13/h2-7H,8-12H2,1H3. The van der Waals surface area contributed by atoms with Gasteiger partial charge in [0.05, 0.1) is 0 Å². The maximum atomic E-state index is 12.3. The molecule has 3 rings (SSSR count). The SMILES string of the molecule is Cn1ccc(C(=O)N2CCN(Cc3ccc(Cl)cc3)CC2)n1. The smallest absolute Gasteiger partial charge is 0.274 e. The first kappa shape index (κ1) is 15.1. The molecule has 0 unspecified atom stereocenters. The Balaban J connectivity index is 1.54. The number of carbonyl (C=O) groups excluding carboxylic acids is 1. The first-order valence-corrected chi connectivity index (χ1v) is 7.75. The van der Waals surface area contributed by atoms with Gasteiger partial charge in [-0.15, -0.1) is 0 Å². The predicted molar refractivity (Wildman–Crippen MR) is 85.8 cm³/mol. The topological polar surface area (TPSA) is 41.4 Å². The summed E-state index contributed by atoms with van der Waals surface area (Å²) >= 11 is 5.90. The minimum absolute atomic E-state index is 0.0201. The highest BCUT2D eigenvalue weighted by Crippen LogP contribution is 2.13. The summed E-state index contributed by atoms with van der Waals surface area (Å²) in [4.78, 5) is 16.6. The van der Waals surface area contributed by atoms with Gasteiger partial charge in [0.2, 0.25) is 0 Å². The van der Waals surface area contributed by atoms with E-state index in [9.17, 15) is 4.79 Å². The van der Waals surface area contributed by atoms with Crippen molar-refractivity contribution >= 4 is 17.5 Å². The van der Waals surface area contributed by atoms with Gasteiger partial charge in [0.25, 0.3) is 5.91 Å². The van der Waals surface area contributed by atoms with Gasteiger partial charge in [-0.2, -0.15) is 5.10 Å². The Bertz CT molecular complexity index is 644. The van der Waals surface area contributed by atoms with E-state index in [1.54, 1.807) is 16.9 Å². The lowest BCUT2D eigenvalue weighted by molar-refractivity contribution is 0.0622. The summed E-state index contributed by atoms with van der Waals surface area (Å²) in [7, 11) is 1.82. The van der Waals surface area contributed by atoms with Gasteiger partial charge in [-0.25, -0.2) is 0 Å². The van der Waals surface area contributed by atoms with Gasteiger partial charge >= 0.3 is 0 Å². The molecule has 5 nitrogen and oxygen atoms in total. The molecule has 0 atom stereocenters. The van der Waals surface area contributed by atoms with Crippen molar-refractivity contribution in [3.05, 3.63) is 52.8 Å². The number of benzene rings is 1. The van der Waals surface area contributed by atoms with Gasteiger partial charge in [-0.1, -0.05) is 23.7 Å². The summed E-state index contributed by atoms with van der Waals surface area (Å²) in [6.07, 6.45) is 1.80. The molecule has 6 heteroatoms. The van der Waals surface area contributed by atoms with Crippen LogP contribution in [-0.4, -0.2) is 51.7 Å². The van der Waals surface area contributed by atoms with Crippen molar-refractivity contribution in [2.45, 2.75) is 6.54 Å². The number of nitrogens with zero attached hydrogens (tertiary/aromatic N) is 4. The monoisotopic (exact) mass is 318 g/mol. The third kappa shape index (κ3) is 3.48. The summed E-state index contributed by atoms with van der Waals surface area (Å²) in [5.74, 6) is 0.0201. The second-order valence-corrected chi connectivity index (χ2v) is 6.01. The lowest BCUT2D eigenvalue weighted by atomic mass is 10.2. The maximum Gasteiger partial charge on any atom is 0.274 e. The molecule has 0 saturated carbocycles. The lowest BCUT2D eigenvalue weighted by Crippen LogP contribution is -2.48. The number of hydrogen-bond donors (Lipinski definition) is 0. The summed E-state index contributed by atoms with van der Waals surface area (Å²) in [5, 5.41) is 4.94. The lowest BCUT2D eigenvalue weighted by Gasteiger charge is -2.34. The fraction of sp³-hybridized carbons (Fsp3) is 0.375. The van der Waals surface area contributed by atoms with Crippen LogP contribution in [0.4, 0.5) is 0 Å². The summed E-state index contributed by atoms with van der Waals surface area (Å²) < 4.78 is 1.66. The minimum atomic E-state index is 0.0201. The largest absolute Gasteiger partial charge is 0.335 e. The number of halogens is 1. The molecular formula is C16H19ClN4O. The van der Waals surface area contributed by atoms with E-state index >= 15 is 0 Å². The average molecular weight is 319 g/mol. The van der Waals surface area contributed by atoms with Crippen LogP contribution < -0.4 is 0 Å². The van der Waals surface area contributed by atoms with Crippen molar-refractivity contribution in [3.8, 4) is 0 Å². The van der Waals surface area contributed by atoms with Crippen molar-refractivity contribution in [2.24, 2.45) is 7.05 Å². The molecule has 116 valence electrons. The molecule has 1 aliphatic rings. The quantitative estimate of drug-likeness (QED) is 0.869. The number of hydrogen-bond acceptors (Lipinski definition) is 3. The zero-order valence-corrected chi connectivity index (χ0v) is 13.3. The van der Waals surface area contributed by atoms with E-state index in [1.165, 1.54) is 5.56 Å². The molecule has 1 aliphatic heterocycles. The number of aromatic nitrogens is 2. The van der Waals surface area contributed by atoms with Crippen LogP contribution >= 0.6 is 11.6 Å². The fourth-order valence-corrected chi connectivity index (χ4v) is 2.77. The van der Waals surface area contributed by atoms with E-state index in [0.29, 0.717) is 5.69 Å². The Hall–Kier alpha value is -1.85. The Kier molecular flexibility index (Phi) is 4.45. The van der Waals surface area contributed by atoms with Crippen molar-refractivity contribution in [2.75, 3.05) is 26.2 Å². The summed E-state index contributed by atoms with van der Waals surface area (Å²) in [5.41, 5.74) is 1.77. The molecule has 0 aliphatic carbocycles. The van der Waals surface area contributed by atoms with Gasteiger partial charge in [0.15, 0.2) is 0 Å². The van der Waals surface area contributed by atoms with Gasteiger partial charge in [0, 0.05) is 51.0 Å². The molecule has 0 bridgehead atoms. The summed E-state index contributed by atoms with van der Waals surface area (Å²) in [6.45, 7) is 4.12. The van der Waals surface area contributed by atoms with Gasteiger partial charge < -0.3 is 4.90 Å². The first-order chi connectivity index (χ1) is 10.6. The van der Waals surface area contributed by atoms with E-state index in [0.717, 1.165) is 37.7 Å². The van der Waals surface area contributed by atoms with E-state index in [-0.39, 0.29) is 5.91 Å². The fourth-order valence-electron chi connectivity index (χ4n) is 2.65. The van der Waals surface area contributed by atoms with E-state index in [1.807, 2.05) is 36.2 Å². The molecule has 1 amide bonds. The molecule has 0 radical (unpaired) electrons. The van der Waals surface area contributed by atoms with Crippen molar-refractivity contribution in [3.63, 3.8) is 0 Å². The van der Waals surface area contributed by atoms with Crippen LogP contribution in [0.5, 0.6) is 0 Å². The average Bonchev–Trinajstić information content (AvgIpc) is 2.96. The Morgan fingerprint density at radius 1 is 1.14 bits per heavy atom. The third-order valence-electron chi connectivity index (χ3n) is 3.91. The molecule has 0 spiro atoms. The molecule has 2 aromatic rings. The molecule has 1 aromatic carbocycles. The molecule has 1 saturated heterocycles. The molecule has 1 fully saturated rings. The number of carbonyl (C=O) groups is 1. The minimum Gasteiger partial charge on any atom is -0.335 e. The second kappa shape index (κ2) is 6.50. The number of amides is 1. The van der Waals surface area contributed by atoms with Crippen molar-refractivity contribution < 1.29 is 4.79 Å². The van der Waals surface area contributed by atoms with Crippen LogP contribution in [0.15, 0.2) is 36.5 Å². The Labute approximate surface area is 135 Å². The molecular weight excluding hydrogens is 300 g/mol. The van der Waals surface area contributed by atoms with E-state index < -0.39 is 0 Å². The number of rotatable bonds is 3. The number of aryl methyl sites for hydroxylation is 1. The van der Waals surface area contributed by atoms with E-state index in [2.05, 4.69) is 10.00 Å². The molecule has 2 heterocycles. The van der Waals surface area contributed by atoms with Crippen LogP contribution in [0.3, 0.4) is 0 Å². The zero-order valence-electron chi connectivity index (χ0n) is 12.6. The first-order valence-electron chi connectivity index (χ1n) is 7.37. The highest BCUT2D eigenvalue weighted by Gasteiger charge is 2.23. The summed E-state index contributed by atoms with van der Waals surface area (Å²) in [6, 6.07) is 9.69. The van der Waals surface area contributed by atoms with Gasteiger partial charge in [-0.05, 0) is 23.8 Å². The van der Waals surface area contributed by atoms with Crippen LogP contribution in [0.2, 0.25) is 5.02 Å². The zero-order chi connectivity index (χ0) is 15.5.